The molecule has 3 aromatic carbocycles. The second-order valence-electron chi connectivity index (χ2n) is 41.6. The lowest BCUT2D eigenvalue weighted by Crippen LogP contribution is -2.43. The van der Waals surface area contributed by atoms with E-state index in [9.17, 15) is 60.7 Å². The summed E-state index contributed by atoms with van der Waals surface area (Å²) < 4.78 is 92.7. The summed E-state index contributed by atoms with van der Waals surface area (Å²) in [4.78, 5) is 167. The third kappa shape index (κ3) is 27.6. The van der Waals surface area contributed by atoms with Gasteiger partial charge in [0.25, 0.3) is 27.8 Å². The smallest absolute Gasteiger partial charge is 0.444 e. The van der Waals surface area contributed by atoms with Crippen LogP contribution in [-0.4, -0.2) is 247 Å². The van der Waals surface area contributed by atoms with Crippen LogP contribution in [0.2, 0.25) is 0 Å². The number of aromatic nitrogens is 22. The van der Waals surface area contributed by atoms with E-state index in [1.165, 1.54) is 42.9 Å². The van der Waals surface area contributed by atoms with Gasteiger partial charge >= 0.3 is 30.7 Å². The number of nitrogens with one attached hydrogen (secondary N) is 5. The number of piperidine rings is 4. The van der Waals surface area contributed by atoms with Crippen LogP contribution in [0, 0.1) is 19.7 Å². The summed E-state index contributed by atoms with van der Waals surface area (Å²) in [5.41, 5.74) is 2.39. The lowest BCUT2D eigenvalue weighted by atomic mass is 10.1. The van der Waals surface area contributed by atoms with Crippen LogP contribution in [0.5, 0.6) is 5.75 Å². The van der Waals surface area contributed by atoms with Gasteiger partial charge in [0.15, 0.2) is 28.2 Å². The molecule has 15 aromatic rings. The van der Waals surface area contributed by atoms with Crippen LogP contribution >= 0.6 is 11.3 Å². The highest BCUT2D eigenvalue weighted by molar-refractivity contribution is 7.11. The number of thiazole rings is 1. The molecule has 5 aliphatic heterocycles. The molecule has 5 fully saturated rings. The number of carbonyl (C=O) groups is 4. The Morgan fingerprint density at radius 1 is 0.387 bits per heavy atom. The fraction of sp³-hybridized carbons (Fsp3) is 0.471. The largest absolute Gasteiger partial charge is 0.573 e. The number of nitrogens with zero attached hydrogens (tertiary/aromatic N) is 21. The fourth-order valence-corrected chi connectivity index (χ4v) is 19.2. The average Bonchev–Trinajstić information content (AvgIpc) is 1.64. The molecule has 0 saturated carbocycles. The number of hydrogen-bond donors (Lipinski definition) is 5. The molecule has 5 N–H and O–H groups in total. The van der Waals surface area contributed by atoms with Gasteiger partial charge in [-0.15, -0.1) is 24.5 Å². The number of fused-ring (bicyclic) bond motifs is 5. The number of hydrogen-bond acceptors (Lipinski definition) is 28. The third-order valence-electron chi connectivity index (χ3n) is 25.2. The highest BCUT2D eigenvalue weighted by Gasteiger charge is 2.38. The van der Waals surface area contributed by atoms with Crippen molar-refractivity contribution in [2.45, 2.75) is 252 Å². The number of likely N-dealkylation sites (tertiary alicyclic amines) is 4. The highest BCUT2D eigenvalue weighted by Crippen LogP contribution is 2.35. The number of aromatic amines is 5. The van der Waals surface area contributed by atoms with Crippen molar-refractivity contribution in [3.05, 3.63) is 259 Å². The van der Waals surface area contributed by atoms with Crippen molar-refractivity contribution in [1.82, 2.24) is 128 Å². The summed E-state index contributed by atoms with van der Waals surface area (Å²) in [6, 6.07) is 27.4. The minimum absolute atomic E-state index is 0.0531. The summed E-state index contributed by atoms with van der Waals surface area (Å²) in [6.07, 6.45) is 12.8. The van der Waals surface area contributed by atoms with Gasteiger partial charge in [-0.25, -0.2) is 76.9 Å². The Labute approximate surface area is 862 Å². The number of aryl methyl sites for hydroxylation is 2. The van der Waals surface area contributed by atoms with Crippen molar-refractivity contribution in [3.63, 3.8) is 0 Å². The summed E-state index contributed by atoms with van der Waals surface area (Å²) in [5.74, 6) is 1.59. The topological polar surface area (TPSA) is 480 Å². The van der Waals surface area contributed by atoms with Gasteiger partial charge in [-0.2, -0.15) is 25.5 Å². The first kappa shape index (κ1) is 107. The molecule has 5 saturated heterocycles. The molecule has 46 heteroatoms. The molecule has 17 heterocycles. The average molecular weight is 2090 g/mol. The monoisotopic (exact) mass is 2080 g/mol. The summed E-state index contributed by atoms with van der Waals surface area (Å²) >= 11 is 1.66. The molecule has 5 aliphatic rings. The molecule has 4 unspecified atom stereocenters. The summed E-state index contributed by atoms with van der Waals surface area (Å²) in [6.45, 7) is 31.6. The predicted octanol–water partition coefficient (Wildman–Crippen LogP) is 15.7. The van der Waals surface area contributed by atoms with Crippen molar-refractivity contribution in [3.8, 4) is 5.75 Å². The number of halogens is 4. The first-order valence-electron chi connectivity index (χ1n) is 50.1. The van der Waals surface area contributed by atoms with Gasteiger partial charge in [0, 0.05) is 120 Å². The molecule has 0 bridgehead atoms. The zero-order chi connectivity index (χ0) is 107. The van der Waals surface area contributed by atoms with E-state index in [0.29, 0.717) is 163 Å². The van der Waals surface area contributed by atoms with Crippen molar-refractivity contribution < 1.29 is 65.2 Å². The van der Waals surface area contributed by atoms with Crippen LogP contribution in [0.3, 0.4) is 0 Å². The number of benzene rings is 3. The first-order chi connectivity index (χ1) is 71.3. The molecular weight excluding hydrogens is 1960 g/mol. The number of pyridine rings is 1. The maximum Gasteiger partial charge on any atom is 0.573 e. The molecule has 4 atom stereocenters. The number of rotatable bonds is 16. The number of H-pyrrole nitrogens is 5. The van der Waals surface area contributed by atoms with Crippen molar-refractivity contribution >= 4 is 90.9 Å². The molecule has 41 nitrogen and oxygen atoms in total. The van der Waals surface area contributed by atoms with Gasteiger partial charge in [0.05, 0.1) is 71.9 Å². The molecule has 0 radical (unpaired) electrons. The van der Waals surface area contributed by atoms with E-state index in [1.807, 2.05) is 129 Å². The minimum Gasteiger partial charge on any atom is -0.444 e. The normalized spacial score (nSPS) is 17.0. The lowest BCUT2D eigenvalue weighted by Gasteiger charge is -2.34. The number of para-hydroxylation sites is 1. The van der Waals surface area contributed by atoms with Gasteiger partial charge in [-0.05, 0) is 197 Å². The van der Waals surface area contributed by atoms with Gasteiger partial charge in [-0.1, -0.05) is 72.8 Å². The van der Waals surface area contributed by atoms with Gasteiger partial charge in [-0.3, -0.25) is 29.0 Å². The quantitative estimate of drug-likeness (QED) is 0.0443. The van der Waals surface area contributed by atoms with Crippen LogP contribution in [0.4, 0.5) is 36.7 Å². The molecule has 12 aromatic heterocycles. The Kier molecular flexibility index (Phi) is 32.9. The van der Waals surface area contributed by atoms with Crippen LogP contribution in [0.1, 0.15) is 245 Å². The zero-order valence-corrected chi connectivity index (χ0v) is 87.0. The fourth-order valence-electron chi connectivity index (χ4n) is 18.4. The summed E-state index contributed by atoms with van der Waals surface area (Å²) in [7, 11) is 0. The standard InChI is InChI=1S/C23H26F3N5O4.C22H26FN5O3.C22H27N5O3.C21H26N6O3.C16H19N5O2S/c1-22(2,3)35-21(33)30-10-6-8-15(13-30)31-19-16(12-27-31)20(32)29-18(28-19)11-14-7-4-5-9-17(14)34-23(24,25)26;1-22(2,3)31-21(30)27-10-6-8-15(13-27)28-19-16(12-24-28)20(29)26-18(25-19)11-14-7-4-5-9-17(14)23;1-22(2,3)30-21(29)26-11-7-10-16(14-26)27-19-17(13-23-27)20(28)25-18(24-19)12-15-8-5-4-6-9-15;1-21(2,3)30-20(29)26-10-6-8-15(13-26)27-18-16(12-23-27)19(28)25-17(24-18)11-14-7-4-5-9-22-14;1-9-13(18-10(2)24-9)7-14-19-15-12(16(22)20-14)8-17-21(15)11-3-5-23-6-4-11/h4-5,7,9,12,15H,6,8,10-11,13H2,1-3H3,(H,28,29,32);4-5,7,9,12,15H,6,8,10-11,13H2,1-3H3,(H,25,26,29);4-6,8-9,13,16H,7,10-12,14H2,1-3H3,(H,24,25,28);4-5,7,9,12,15H,6,8,10-11,13H2,1-3H3,(H,24,25,28);8,11H,3-7H2,1-2H3,(H,19,20,22). The Morgan fingerprint density at radius 2 is 0.713 bits per heavy atom. The van der Waals surface area contributed by atoms with E-state index >= 15 is 0 Å². The van der Waals surface area contributed by atoms with Crippen molar-refractivity contribution in [2.24, 2.45) is 0 Å². The zero-order valence-electron chi connectivity index (χ0n) is 86.2. The van der Waals surface area contributed by atoms with E-state index in [-0.39, 0.29) is 112 Å². The molecular formula is C104H124F4N26O15S. The van der Waals surface area contributed by atoms with Crippen LogP contribution in [0.15, 0.2) is 158 Å². The number of carbonyl (C=O) groups excluding carboxylic acids is 4. The number of amides is 4. The minimum atomic E-state index is -4.85. The van der Waals surface area contributed by atoms with Crippen LogP contribution < -0.4 is 32.5 Å². The van der Waals surface area contributed by atoms with Crippen molar-refractivity contribution in [1.29, 1.82) is 0 Å². The van der Waals surface area contributed by atoms with Gasteiger partial charge in [0.1, 0.15) is 90.0 Å². The Morgan fingerprint density at radius 3 is 1.06 bits per heavy atom. The van der Waals surface area contributed by atoms with Gasteiger partial charge < -0.3 is 72.9 Å². The summed E-state index contributed by atoms with van der Waals surface area (Å²) in [5, 5.41) is 25.1. The number of alkyl halides is 3. The molecule has 0 spiro atoms. The second kappa shape index (κ2) is 45.8. The van der Waals surface area contributed by atoms with E-state index in [0.717, 1.165) is 91.4 Å². The molecule has 150 heavy (non-hydrogen) atoms. The Bertz CT molecular complexity index is 7470. The lowest BCUT2D eigenvalue weighted by molar-refractivity contribution is -0.274. The SMILES string of the molecule is CC(C)(C)OC(=O)N1CCCC(n2ncc3c(=O)[nH]c(Cc4ccccc4)nc32)C1.CC(C)(C)OC(=O)N1CCCC(n2ncc3c(=O)[nH]c(Cc4ccccc4F)nc32)C1.CC(C)(C)OC(=O)N1CCCC(n2ncc3c(=O)[nH]c(Cc4ccccc4OC(F)(F)F)nc32)C1.CC(C)(C)OC(=O)N1CCCC(n2ncc3c(=O)[nH]c(Cc4ccccn4)nc32)C1.Cc1nc(Cc2nc3c(cnn3C3CCOCC3)c(=O)[nH]2)c(C)s1. The Balaban J connectivity index is 0.000000134. The van der Waals surface area contributed by atoms with E-state index in [1.54, 1.807) is 113 Å². The first-order valence-corrected chi connectivity index (χ1v) is 50.9. The predicted molar refractivity (Wildman–Crippen MR) is 550 cm³/mol. The van der Waals surface area contributed by atoms with Crippen LogP contribution in [-0.2, 0) is 55.8 Å². The van der Waals surface area contributed by atoms with E-state index < -0.39 is 40.4 Å². The van der Waals surface area contributed by atoms with Crippen molar-refractivity contribution in [2.75, 3.05) is 65.6 Å². The van der Waals surface area contributed by atoms with Gasteiger partial charge in [0.2, 0.25) is 0 Å². The number of ether oxygens (including phenoxy) is 6. The molecule has 0 aliphatic carbocycles. The van der Waals surface area contributed by atoms with E-state index in [2.05, 4.69) is 85.1 Å². The maximum absolute atomic E-state index is 14.0. The molecule has 794 valence electrons. The molecule has 20 rings (SSSR count). The van der Waals surface area contributed by atoms with E-state index in [4.69, 9.17) is 28.7 Å². The highest BCUT2D eigenvalue weighted by atomic mass is 32.1. The van der Waals surface area contributed by atoms with Crippen LogP contribution in [0.25, 0.3) is 55.2 Å². The Hall–Kier alpha value is -15.3. The molecule has 4 amide bonds. The second-order valence-corrected chi connectivity index (χ2v) is 43.0. The maximum atomic E-state index is 14.0. The third-order valence-corrected chi connectivity index (χ3v) is 26.1.